The van der Waals surface area contributed by atoms with Gasteiger partial charge in [-0.15, -0.1) is 0 Å². The standard InChI is InChI=1S/C18H19NO/c20-17(16-12-18(16)7-9-19-10-8-18)15-6-5-13-3-1-2-4-14(13)11-15/h1-6,11,16,19H,7-10,12H2. The predicted octanol–water partition coefficient (Wildman–Crippen LogP) is 3.41. The molecule has 1 N–H and O–H groups in total. The Kier molecular flexibility index (Phi) is 2.67. The zero-order valence-electron chi connectivity index (χ0n) is 11.6. The Morgan fingerprint density at radius 1 is 1.05 bits per heavy atom. The summed E-state index contributed by atoms with van der Waals surface area (Å²) < 4.78 is 0. The molecule has 2 nitrogen and oxygen atoms in total. The highest BCUT2D eigenvalue weighted by atomic mass is 16.1. The van der Waals surface area contributed by atoms with E-state index in [1.54, 1.807) is 0 Å². The minimum Gasteiger partial charge on any atom is -0.317 e. The zero-order chi connectivity index (χ0) is 13.6. The summed E-state index contributed by atoms with van der Waals surface area (Å²) in [4.78, 5) is 12.7. The van der Waals surface area contributed by atoms with Crippen LogP contribution in [0.4, 0.5) is 0 Å². The van der Waals surface area contributed by atoms with E-state index < -0.39 is 0 Å². The van der Waals surface area contributed by atoms with Gasteiger partial charge in [-0.05, 0) is 54.6 Å². The molecule has 1 saturated carbocycles. The van der Waals surface area contributed by atoms with Gasteiger partial charge in [0.15, 0.2) is 5.78 Å². The summed E-state index contributed by atoms with van der Waals surface area (Å²) in [7, 11) is 0. The number of piperidine rings is 1. The van der Waals surface area contributed by atoms with E-state index in [9.17, 15) is 4.79 Å². The van der Waals surface area contributed by atoms with Crippen LogP contribution >= 0.6 is 0 Å². The Labute approximate surface area is 119 Å². The first kappa shape index (κ1) is 12.1. The van der Waals surface area contributed by atoms with E-state index in [4.69, 9.17) is 0 Å². The number of rotatable bonds is 2. The maximum absolute atomic E-state index is 12.7. The topological polar surface area (TPSA) is 29.1 Å². The quantitative estimate of drug-likeness (QED) is 0.843. The summed E-state index contributed by atoms with van der Waals surface area (Å²) in [5.41, 5.74) is 1.22. The first-order valence-corrected chi connectivity index (χ1v) is 7.52. The van der Waals surface area contributed by atoms with Gasteiger partial charge in [0.05, 0.1) is 0 Å². The molecule has 1 unspecified atom stereocenters. The van der Waals surface area contributed by atoms with Crippen LogP contribution in [0.1, 0.15) is 29.6 Å². The van der Waals surface area contributed by atoms with Gasteiger partial charge in [0.2, 0.25) is 0 Å². The number of carbonyl (C=O) groups excluding carboxylic acids is 1. The molecular formula is C18H19NO. The Morgan fingerprint density at radius 2 is 1.80 bits per heavy atom. The summed E-state index contributed by atoms with van der Waals surface area (Å²) in [5.74, 6) is 0.628. The highest BCUT2D eigenvalue weighted by molar-refractivity contribution is 6.03. The second kappa shape index (κ2) is 4.42. The van der Waals surface area contributed by atoms with Gasteiger partial charge in [-0.3, -0.25) is 4.79 Å². The molecule has 1 atom stereocenters. The molecule has 102 valence electrons. The fraction of sp³-hybridized carbons (Fsp3) is 0.389. The lowest BCUT2D eigenvalue weighted by atomic mass is 9.89. The third-order valence-electron chi connectivity index (χ3n) is 5.14. The van der Waals surface area contributed by atoms with Crippen molar-refractivity contribution in [2.45, 2.75) is 19.3 Å². The smallest absolute Gasteiger partial charge is 0.166 e. The minimum atomic E-state index is 0.269. The van der Waals surface area contributed by atoms with Crippen molar-refractivity contribution in [3.63, 3.8) is 0 Å². The first-order valence-electron chi connectivity index (χ1n) is 7.52. The molecule has 1 aliphatic heterocycles. The van der Waals surface area contributed by atoms with Gasteiger partial charge in [0.25, 0.3) is 0 Å². The maximum Gasteiger partial charge on any atom is 0.166 e. The van der Waals surface area contributed by atoms with E-state index in [1.807, 2.05) is 18.2 Å². The fourth-order valence-corrected chi connectivity index (χ4v) is 3.74. The van der Waals surface area contributed by atoms with Crippen molar-refractivity contribution in [2.75, 3.05) is 13.1 Å². The van der Waals surface area contributed by atoms with Crippen LogP contribution < -0.4 is 5.32 Å². The number of ketones is 1. The summed E-state index contributed by atoms with van der Waals surface area (Å²) in [6, 6.07) is 14.4. The Bertz CT molecular complexity index is 670. The van der Waals surface area contributed by atoms with Crippen LogP contribution in [0.3, 0.4) is 0 Å². The SMILES string of the molecule is O=C(c1ccc2ccccc2c1)C1CC12CCNCC2. The molecule has 4 rings (SSSR count). The fourth-order valence-electron chi connectivity index (χ4n) is 3.74. The van der Waals surface area contributed by atoms with Gasteiger partial charge >= 0.3 is 0 Å². The molecule has 2 fully saturated rings. The molecule has 2 aliphatic rings. The lowest BCUT2D eigenvalue weighted by Crippen LogP contribution is -2.30. The van der Waals surface area contributed by atoms with E-state index in [-0.39, 0.29) is 5.92 Å². The number of nitrogens with one attached hydrogen (secondary N) is 1. The van der Waals surface area contributed by atoms with Gasteiger partial charge in [-0.1, -0.05) is 36.4 Å². The molecule has 1 aliphatic carbocycles. The summed E-state index contributed by atoms with van der Waals surface area (Å²) >= 11 is 0. The molecule has 1 saturated heterocycles. The zero-order valence-corrected chi connectivity index (χ0v) is 11.6. The molecule has 2 aromatic carbocycles. The number of fused-ring (bicyclic) bond motifs is 1. The van der Waals surface area contributed by atoms with E-state index in [2.05, 4.69) is 29.6 Å². The van der Waals surface area contributed by atoms with Crippen molar-refractivity contribution in [1.29, 1.82) is 0 Å². The van der Waals surface area contributed by atoms with E-state index in [1.165, 1.54) is 10.8 Å². The van der Waals surface area contributed by atoms with Gasteiger partial charge < -0.3 is 5.32 Å². The maximum atomic E-state index is 12.7. The average molecular weight is 265 g/mol. The van der Waals surface area contributed by atoms with Crippen LogP contribution in [0.15, 0.2) is 42.5 Å². The Morgan fingerprint density at radius 3 is 2.60 bits per heavy atom. The summed E-state index contributed by atoms with van der Waals surface area (Å²) in [6.07, 6.45) is 3.42. The number of carbonyl (C=O) groups is 1. The number of benzene rings is 2. The molecule has 20 heavy (non-hydrogen) atoms. The molecule has 0 bridgehead atoms. The van der Waals surface area contributed by atoms with Crippen LogP contribution in [0.5, 0.6) is 0 Å². The van der Waals surface area contributed by atoms with Crippen LogP contribution in [0, 0.1) is 11.3 Å². The highest BCUT2D eigenvalue weighted by Gasteiger charge is 2.57. The molecule has 0 aromatic heterocycles. The van der Waals surface area contributed by atoms with Gasteiger partial charge in [-0.25, -0.2) is 0 Å². The highest BCUT2D eigenvalue weighted by Crippen LogP contribution is 2.59. The van der Waals surface area contributed by atoms with Crippen molar-refractivity contribution < 1.29 is 4.79 Å². The van der Waals surface area contributed by atoms with Gasteiger partial charge in [0, 0.05) is 11.5 Å². The first-order chi connectivity index (χ1) is 9.78. The van der Waals surface area contributed by atoms with Crippen LogP contribution in [0.25, 0.3) is 10.8 Å². The third kappa shape index (κ3) is 1.87. The van der Waals surface area contributed by atoms with Crippen LogP contribution in [-0.4, -0.2) is 18.9 Å². The molecule has 1 spiro atoms. The van der Waals surface area contributed by atoms with Crippen molar-refractivity contribution in [2.24, 2.45) is 11.3 Å². The number of Topliss-reactive ketones (excluding diaryl/α,β-unsaturated/α-hetero) is 1. The van der Waals surface area contributed by atoms with Crippen molar-refractivity contribution >= 4 is 16.6 Å². The van der Waals surface area contributed by atoms with E-state index in [0.717, 1.165) is 37.9 Å². The number of hydrogen-bond acceptors (Lipinski definition) is 2. The second-order valence-corrected chi connectivity index (χ2v) is 6.30. The van der Waals surface area contributed by atoms with Crippen LogP contribution in [-0.2, 0) is 0 Å². The Hall–Kier alpha value is -1.67. The second-order valence-electron chi connectivity index (χ2n) is 6.30. The molecule has 0 amide bonds. The van der Waals surface area contributed by atoms with E-state index >= 15 is 0 Å². The normalized spacial score (nSPS) is 23.9. The monoisotopic (exact) mass is 265 g/mol. The molecule has 2 heteroatoms. The van der Waals surface area contributed by atoms with Gasteiger partial charge in [-0.2, -0.15) is 0 Å². The molecular weight excluding hydrogens is 246 g/mol. The van der Waals surface area contributed by atoms with E-state index in [0.29, 0.717) is 11.2 Å². The molecule has 1 heterocycles. The number of hydrogen-bond donors (Lipinski definition) is 1. The summed E-state index contributed by atoms with van der Waals surface area (Å²) in [6.45, 7) is 2.14. The predicted molar refractivity (Wildman–Crippen MR) is 80.9 cm³/mol. The van der Waals surface area contributed by atoms with Crippen molar-refractivity contribution in [3.05, 3.63) is 48.0 Å². The van der Waals surface area contributed by atoms with Crippen LogP contribution in [0.2, 0.25) is 0 Å². The van der Waals surface area contributed by atoms with Crippen molar-refractivity contribution in [1.82, 2.24) is 5.32 Å². The molecule has 2 aromatic rings. The average Bonchev–Trinajstić information content (AvgIpc) is 3.20. The lowest BCUT2D eigenvalue weighted by molar-refractivity contribution is 0.0941. The summed E-state index contributed by atoms with van der Waals surface area (Å²) in [5, 5.41) is 5.76. The Balaban J connectivity index is 1.61. The largest absolute Gasteiger partial charge is 0.317 e. The minimum absolute atomic E-state index is 0.269. The third-order valence-corrected chi connectivity index (χ3v) is 5.14. The van der Waals surface area contributed by atoms with Gasteiger partial charge in [0.1, 0.15) is 0 Å². The lowest BCUT2D eigenvalue weighted by Gasteiger charge is -2.23. The van der Waals surface area contributed by atoms with Crippen molar-refractivity contribution in [3.8, 4) is 0 Å². The molecule has 0 radical (unpaired) electrons.